The third-order valence-electron chi connectivity index (χ3n) is 6.77. The molecule has 0 saturated carbocycles. The molecular formula is C26H31N5O2. The molecule has 0 unspecified atom stereocenters. The van der Waals surface area contributed by atoms with Gasteiger partial charge in [-0.05, 0) is 36.2 Å². The topological polar surface area (TPSA) is 64.8 Å². The van der Waals surface area contributed by atoms with Gasteiger partial charge in [-0.15, -0.1) is 0 Å². The lowest BCUT2D eigenvalue weighted by Crippen LogP contribution is -2.53. The Morgan fingerprint density at radius 2 is 1.70 bits per heavy atom. The van der Waals surface area contributed by atoms with Gasteiger partial charge in [0.2, 0.25) is 0 Å². The molecule has 172 valence electrons. The van der Waals surface area contributed by atoms with Crippen LogP contribution in [0.4, 0.5) is 5.69 Å². The molecule has 1 amide bonds. The Morgan fingerprint density at radius 3 is 2.45 bits per heavy atom. The second-order valence-corrected chi connectivity index (χ2v) is 9.16. The van der Waals surface area contributed by atoms with Crippen LogP contribution in [0.5, 0.6) is 0 Å². The van der Waals surface area contributed by atoms with Gasteiger partial charge in [-0.1, -0.05) is 36.4 Å². The number of carbonyl (C=O) groups excluding carboxylic acids is 1. The first-order valence-electron chi connectivity index (χ1n) is 11.7. The first-order chi connectivity index (χ1) is 16.1. The quantitative estimate of drug-likeness (QED) is 0.631. The number of aliphatic hydroxyl groups is 1. The molecule has 2 saturated heterocycles. The fourth-order valence-corrected chi connectivity index (χ4v) is 4.98. The predicted molar refractivity (Wildman–Crippen MR) is 128 cm³/mol. The number of benzene rings is 2. The van der Waals surface area contributed by atoms with Crippen molar-refractivity contribution in [2.24, 2.45) is 0 Å². The first kappa shape index (κ1) is 21.7. The molecule has 0 aliphatic carbocycles. The van der Waals surface area contributed by atoms with E-state index in [1.807, 2.05) is 52.2 Å². The van der Waals surface area contributed by atoms with Crippen LogP contribution in [0.3, 0.4) is 0 Å². The first-order valence-corrected chi connectivity index (χ1v) is 11.7. The van der Waals surface area contributed by atoms with Gasteiger partial charge < -0.3 is 14.9 Å². The van der Waals surface area contributed by atoms with E-state index in [0.29, 0.717) is 38.2 Å². The summed E-state index contributed by atoms with van der Waals surface area (Å²) < 4.78 is 1.82. The van der Waals surface area contributed by atoms with Crippen LogP contribution in [0, 0.1) is 0 Å². The van der Waals surface area contributed by atoms with E-state index in [4.69, 9.17) is 0 Å². The minimum atomic E-state index is -0.860. The lowest BCUT2D eigenvalue weighted by molar-refractivity contribution is 0.0103. The number of para-hydroxylation sites is 1. The number of piperazine rings is 1. The van der Waals surface area contributed by atoms with E-state index < -0.39 is 5.60 Å². The summed E-state index contributed by atoms with van der Waals surface area (Å²) in [5.41, 5.74) is 2.02. The molecule has 0 spiro atoms. The Balaban J connectivity index is 1.19. The van der Waals surface area contributed by atoms with Gasteiger partial charge in [-0.25, -0.2) is 0 Å². The maximum Gasteiger partial charge on any atom is 0.254 e. The van der Waals surface area contributed by atoms with Crippen molar-refractivity contribution in [3.63, 3.8) is 0 Å². The van der Waals surface area contributed by atoms with Gasteiger partial charge >= 0.3 is 0 Å². The number of nitrogens with zero attached hydrogens (tertiary/aromatic N) is 5. The smallest absolute Gasteiger partial charge is 0.254 e. The van der Waals surface area contributed by atoms with Crippen molar-refractivity contribution < 1.29 is 9.90 Å². The van der Waals surface area contributed by atoms with E-state index in [1.165, 1.54) is 5.69 Å². The van der Waals surface area contributed by atoms with Crippen LogP contribution in [0.2, 0.25) is 0 Å². The van der Waals surface area contributed by atoms with Crippen molar-refractivity contribution in [2.45, 2.75) is 18.6 Å². The molecule has 2 aromatic carbocycles. The number of hydrogen-bond acceptors (Lipinski definition) is 5. The van der Waals surface area contributed by atoms with E-state index in [9.17, 15) is 9.90 Å². The van der Waals surface area contributed by atoms with Gasteiger partial charge in [0.25, 0.3) is 5.91 Å². The van der Waals surface area contributed by atoms with Crippen molar-refractivity contribution in [2.75, 3.05) is 50.7 Å². The highest BCUT2D eigenvalue weighted by atomic mass is 16.3. The molecule has 3 heterocycles. The minimum absolute atomic E-state index is 0.0115. The van der Waals surface area contributed by atoms with Crippen molar-refractivity contribution in [3.05, 3.63) is 84.2 Å². The summed E-state index contributed by atoms with van der Waals surface area (Å²) in [6.07, 6.45) is 4.25. The van der Waals surface area contributed by atoms with Crippen molar-refractivity contribution in [1.29, 1.82) is 0 Å². The second-order valence-electron chi connectivity index (χ2n) is 9.16. The zero-order valence-electron chi connectivity index (χ0n) is 18.9. The maximum absolute atomic E-state index is 13.3. The Labute approximate surface area is 194 Å². The average molecular weight is 446 g/mol. The largest absolute Gasteiger partial charge is 0.387 e. The third-order valence-corrected chi connectivity index (χ3v) is 6.77. The van der Waals surface area contributed by atoms with Crippen LogP contribution in [0.15, 0.2) is 73.1 Å². The molecule has 0 bridgehead atoms. The number of likely N-dealkylation sites (tertiary alicyclic amines) is 1. The minimum Gasteiger partial charge on any atom is -0.387 e. The summed E-state index contributed by atoms with van der Waals surface area (Å²) in [5.74, 6) is -0.0115. The lowest BCUT2D eigenvalue weighted by atomic mass is 10.0. The molecule has 1 aromatic heterocycles. The number of carbonyl (C=O) groups is 1. The third kappa shape index (κ3) is 4.94. The molecule has 1 N–H and O–H groups in total. The fourth-order valence-electron chi connectivity index (χ4n) is 4.98. The summed E-state index contributed by atoms with van der Waals surface area (Å²) >= 11 is 0. The summed E-state index contributed by atoms with van der Waals surface area (Å²) in [4.78, 5) is 19.9. The van der Waals surface area contributed by atoms with E-state index in [-0.39, 0.29) is 5.91 Å². The normalized spacial score (nSPS) is 21.5. The number of hydrogen-bond donors (Lipinski definition) is 1. The molecule has 7 nitrogen and oxygen atoms in total. The molecule has 1 atom stereocenters. The molecular weight excluding hydrogens is 414 g/mol. The monoisotopic (exact) mass is 445 g/mol. The van der Waals surface area contributed by atoms with Crippen LogP contribution in [-0.2, 0) is 6.54 Å². The van der Waals surface area contributed by atoms with E-state index >= 15 is 0 Å². The van der Waals surface area contributed by atoms with Gasteiger partial charge in [0, 0.05) is 62.9 Å². The standard InChI is InChI=1S/C26H31N5O2/c32-25(24-10-5-4-7-22(24)19-31-13-6-12-27-31)30-14-11-26(33,21-30)20-28-15-17-29(18-16-28)23-8-2-1-3-9-23/h1-10,12-13,33H,11,14-21H2/t26-/m0/s1. The van der Waals surface area contributed by atoms with Gasteiger partial charge in [0.1, 0.15) is 0 Å². The van der Waals surface area contributed by atoms with Crippen molar-refractivity contribution in [3.8, 4) is 0 Å². The number of anilines is 1. The molecule has 33 heavy (non-hydrogen) atoms. The van der Waals surface area contributed by atoms with Crippen LogP contribution in [0.1, 0.15) is 22.3 Å². The molecule has 2 aliphatic rings. The van der Waals surface area contributed by atoms with Crippen molar-refractivity contribution in [1.82, 2.24) is 19.6 Å². The number of β-amino-alcohol motifs (C(OH)–C–C–N with tert-alkyl or cyclic N) is 1. The Morgan fingerprint density at radius 1 is 0.939 bits per heavy atom. The second kappa shape index (κ2) is 9.37. The summed E-state index contributed by atoms with van der Waals surface area (Å²) in [6, 6.07) is 20.1. The Kier molecular flexibility index (Phi) is 6.15. The van der Waals surface area contributed by atoms with E-state index in [0.717, 1.165) is 31.7 Å². The SMILES string of the molecule is O=C(c1ccccc1Cn1cccn1)N1CC[C@](O)(CN2CCN(c3ccccc3)CC2)C1. The fraction of sp³-hybridized carbons (Fsp3) is 0.385. The van der Waals surface area contributed by atoms with Gasteiger partial charge in [0.05, 0.1) is 18.7 Å². The number of aromatic nitrogens is 2. The summed E-state index contributed by atoms with van der Waals surface area (Å²) in [6.45, 7) is 5.84. The van der Waals surface area contributed by atoms with Crippen molar-refractivity contribution >= 4 is 11.6 Å². The Bertz CT molecular complexity index is 1060. The number of amides is 1. The molecule has 2 aliphatic heterocycles. The molecule has 5 rings (SSSR count). The zero-order chi connectivity index (χ0) is 22.7. The molecule has 2 fully saturated rings. The van der Waals surface area contributed by atoms with Crippen LogP contribution < -0.4 is 4.90 Å². The highest BCUT2D eigenvalue weighted by Crippen LogP contribution is 2.26. The molecule has 7 heteroatoms. The van der Waals surface area contributed by atoms with E-state index in [2.05, 4.69) is 39.2 Å². The Hall–Kier alpha value is -3.16. The average Bonchev–Trinajstić information content (AvgIpc) is 3.50. The molecule has 3 aromatic rings. The van der Waals surface area contributed by atoms with Crippen LogP contribution >= 0.6 is 0 Å². The van der Waals surface area contributed by atoms with Crippen LogP contribution in [0.25, 0.3) is 0 Å². The predicted octanol–water partition coefficient (Wildman–Crippen LogP) is 2.33. The summed E-state index contributed by atoms with van der Waals surface area (Å²) in [5, 5.41) is 15.6. The van der Waals surface area contributed by atoms with Gasteiger partial charge in [-0.2, -0.15) is 5.10 Å². The maximum atomic E-state index is 13.3. The molecule has 0 radical (unpaired) electrons. The number of rotatable bonds is 6. The highest BCUT2D eigenvalue weighted by molar-refractivity contribution is 5.96. The van der Waals surface area contributed by atoms with E-state index in [1.54, 1.807) is 6.20 Å². The van der Waals surface area contributed by atoms with Crippen LogP contribution in [-0.4, -0.2) is 82.0 Å². The van der Waals surface area contributed by atoms with Gasteiger partial charge in [-0.3, -0.25) is 14.4 Å². The highest BCUT2D eigenvalue weighted by Gasteiger charge is 2.40. The summed E-state index contributed by atoms with van der Waals surface area (Å²) in [7, 11) is 0. The lowest BCUT2D eigenvalue weighted by Gasteiger charge is -2.39. The van der Waals surface area contributed by atoms with Gasteiger partial charge in [0.15, 0.2) is 0 Å². The zero-order valence-corrected chi connectivity index (χ0v) is 18.9.